The van der Waals surface area contributed by atoms with Crippen molar-refractivity contribution < 1.29 is 32.2 Å². The normalized spacial score (nSPS) is 19.2. The van der Waals surface area contributed by atoms with Crippen LogP contribution in [0.1, 0.15) is 47.1 Å². The largest absolute Gasteiger partial charge is 0.496 e. The predicted octanol–water partition coefficient (Wildman–Crippen LogP) is 3.71. The zero-order chi connectivity index (χ0) is 24.3. The fraction of sp³-hybridized carbons (Fsp3) is 0.391. The maximum absolute atomic E-state index is 13.2. The second-order valence-electron chi connectivity index (χ2n) is 7.88. The number of benzene rings is 2. The second kappa shape index (κ2) is 10.2. The van der Waals surface area contributed by atoms with Crippen LogP contribution in [0, 0.1) is 0 Å². The summed E-state index contributed by atoms with van der Waals surface area (Å²) in [5.41, 5.74) is 1.00. The Morgan fingerprint density at radius 2 is 1.73 bits per heavy atom. The molecule has 10 heteroatoms. The van der Waals surface area contributed by atoms with Crippen LogP contribution < -0.4 is 4.74 Å². The topological polar surface area (TPSA) is 99.2 Å². The summed E-state index contributed by atoms with van der Waals surface area (Å²) in [6.45, 7) is 5.23. The third-order valence-corrected chi connectivity index (χ3v) is 7.53. The number of hydrogen-bond donors (Lipinski definition) is 0. The number of rotatable bonds is 7. The molecule has 2 aromatic carbocycles. The molecule has 0 N–H and O–H groups in total. The minimum absolute atomic E-state index is 0.00850. The first-order valence-corrected chi connectivity index (χ1v) is 12.1. The fourth-order valence-electron chi connectivity index (χ4n) is 3.63. The first kappa shape index (κ1) is 25.2. The number of sulfonamides is 1. The molecule has 1 aliphatic rings. The average molecular weight is 496 g/mol. The fourth-order valence-corrected chi connectivity index (χ4v) is 5.72. The van der Waals surface area contributed by atoms with Crippen LogP contribution in [-0.4, -0.2) is 56.9 Å². The molecule has 2 atom stereocenters. The number of nitrogens with zero attached hydrogens (tertiary/aromatic N) is 1. The number of ether oxygens (including phenoxy) is 3. The molecule has 1 fully saturated rings. The van der Waals surface area contributed by atoms with Gasteiger partial charge in [0.2, 0.25) is 10.0 Å². The van der Waals surface area contributed by atoms with Gasteiger partial charge in [-0.05, 0) is 57.2 Å². The van der Waals surface area contributed by atoms with Gasteiger partial charge in [-0.15, -0.1) is 0 Å². The highest BCUT2D eigenvalue weighted by Gasteiger charge is 2.34. The lowest BCUT2D eigenvalue weighted by molar-refractivity contribution is -0.0440. The molecule has 0 spiro atoms. The van der Waals surface area contributed by atoms with E-state index in [0.717, 1.165) is 0 Å². The van der Waals surface area contributed by atoms with Gasteiger partial charge in [0.1, 0.15) is 17.3 Å². The summed E-state index contributed by atoms with van der Waals surface area (Å²) in [7, 11) is -2.48. The van der Waals surface area contributed by atoms with Crippen molar-refractivity contribution in [3.05, 3.63) is 58.1 Å². The maximum atomic E-state index is 13.2. The van der Waals surface area contributed by atoms with Crippen LogP contribution in [0.4, 0.5) is 0 Å². The summed E-state index contributed by atoms with van der Waals surface area (Å²) in [5, 5.41) is 0.00850. The number of ketones is 1. The van der Waals surface area contributed by atoms with Gasteiger partial charge in [0.05, 0.1) is 29.9 Å². The van der Waals surface area contributed by atoms with Crippen molar-refractivity contribution in [2.45, 2.75) is 44.5 Å². The molecule has 0 unspecified atom stereocenters. The van der Waals surface area contributed by atoms with Crippen LogP contribution in [0.5, 0.6) is 5.75 Å². The molecule has 0 bridgehead atoms. The van der Waals surface area contributed by atoms with Gasteiger partial charge < -0.3 is 14.2 Å². The van der Waals surface area contributed by atoms with E-state index in [1.807, 2.05) is 0 Å². The van der Waals surface area contributed by atoms with E-state index < -0.39 is 16.0 Å². The third kappa shape index (κ3) is 5.73. The molecule has 8 nitrogen and oxygen atoms in total. The van der Waals surface area contributed by atoms with E-state index in [2.05, 4.69) is 0 Å². The Labute approximate surface area is 198 Å². The predicted molar refractivity (Wildman–Crippen MR) is 122 cm³/mol. The SMILES string of the molecule is COc1ccc(C(C)=O)cc1COC(=O)c1ccc(Cl)c(S(=O)(=O)N2C[C@@H](C)O[C@@H](C)C2)c1. The molecule has 0 radical (unpaired) electrons. The van der Waals surface area contributed by atoms with Crippen molar-refractivity contribution in [3.8, 4) is 5.75 Å². The van der Waals surface area contributed by atoms with Crippen molar-refractivity contribution in [1.29, 1.82) is 0 Å². The van der Waals surface area contributed by atoms with Crippen LogP contribution in [-0.2, 0) is 26.1 Å². The summed E-state index contributed by atoms with van der Waals surface area (Å²) in [4.78, 5) is 24.2. The van der Waals surface area contributed by atoms with E-state index in [-0.39, 0.29) is 53.2 Å². The zero-order valence-corrected chi connectivity index (χ0v) is 20.4. The number of hydrogen-bond acceptors (Lipinski definition) is 7. The lowest BCUT2D eigenvalue weighted by Gasteiger charge is -2.34. The van der Waals surface area contributed by atoms with Gasteiger partial charge in [-0.2, -0.15) is 4.31 Å². The lowest BCUT2D eigenvalue weighted by atomic mass is 10.1. The Kier molecular flexibility index (Phi) is 7.79. The molecule has 3 rings (SSSR count). The molecule has 178 valence electrons. The highest BCUT2D eigenvalue weighted by molar-refractivity contribution is 7.89. The van der Waals surface area contributed by atoms with Crippen molar-refractivity contribution in [3.63, 3.8) is 0 Å². The number of methoxy groups -OCH3 is 1. The maximum Gasteiger partial charge on any atom is 0.338 e. The standard InChI is InChI=1S/C23H26ClNO7S/c1-14-11-25(12-15(2)32-14)33(28,29)22-10-18(5-7-20(22)24)23(27)31-13-19-9-17(16(3)26)6-8-21(19)30-4/h5-10,14-15H,11-13H2,1-4H3/t14-,15+. The van der Waals surface area contributed by atoms with E-state index in [9.17, 15) is 18.0 Å². The minimum atomic E-state index is -3.95. The molecule has 33 heavy (non-hydrogen) atoms. The number of carbonyl (C=O) groups excluding carboxylic acids is 2. The van der Waals surface area contributed by atoms with Crippen LogP contribution in [0.3, 0.4) is 0 Å². The molecule has 1 aliphatic heterocycles. The van der Waals surface area contributed by atoms with Gasteiger partial charge in [0, 0.05) is 24.2 Å². The quantitative estimate of drug-likeness (QED) is 0.426. The van der Waals surface area contributed by atoms with Crippen molar-refractivity contribution >= 4 is 33.4 Å². The van der Waals surface area contributed by atoms with Crippen LogP contribution in [0.15, 0.2) is 41.3 Å². The average Bonchev–Trinajstić information content (AvgIpc) is 2.76. The summed E-state index contributed by atoms with van der Waals surface area (Å²) in [6, 6.07) is 8.81. The smallest absolute Gasteiger partial charge is 0.338 e. The van der Waals surface area contributed by atoms with E-state index in [0.29, 0.717) is 16.9 Å². The Morgan fingerprint density at radius 3 is 2.33 bits per heavy atom. The van der Waals surface area contributed by atoms with Crippen LogP contribution in [0.25, 0.3) is 0 Å². The van der Waals surface area contributed by atoms with Crippen molar-refractivity contribution in [2.24, 2.45) is 0 Å². The highest BCUT2D eigenvalue weighted by atomic mass is 35.5. The van der Waals surface area contributed by atoms with E-state index in [4.69, 9.17) is 25.8 Å². The van der Waals surface area contributed by atoms with Crippen LogP contribution >= 0.6 is 11.6 Å². The van der Waals surface area contributed by atoms with Gasteiger partial charge in [-0.1, -0.05) is 11.6 Å². The first-order valence-electron chi connectivity index (χ1n) is 10.3. The van der Waals surface area contributed by atoms with Gasteiger partial charge in [-0.25, -0.2) is 13.2 Å². The lowest BCUT2D eigenvalue weighted by Crippen LogP contribution is -2.48. The number of halogens is 1. The van der Waals surface area contributed by atoms with Crippen molar-refractivity contribution in [1.82, 2.24) is 4.31 Å². The molecular formula is C23H26ClNO7S. The zero-order valence-electron chi connectivity index (χ0n) is 18.8. The number of morpholine rings is 1. The molecule has 0 aromatic heterocycles. The molecular weight excluding hydrogens is 470 g/mol. The summed E-state index contributed by atoms with van der Waals surface area (Å²) < 4.78 is 44.0. The van der Waals surface area contributed by atoms with Gasteiger partial charge in [0.15, 0.2) is 5.78 Å². The van der Waals surface area contributed by atoms with E-state index >= 15 is 0 Å². The molecule has 2 aromatic rings. The Bertz CT molecular complexity index is 1160. The summed E-state index contributed by atoms with van der Waals surface area (Å²) in [5.74, 6) is -0.408. The number of Topliss-reactive ketones (excluding diaryl/α,β-unsaturated/α-hetero) is 1. The van der Waals surface area contributed by atoms with E-state index in [1.54, 1.807) is 32.0 Å². The minimum Gasteiger partial charge on any atom is -0.496 e. The molecule has 0 amide bonds. The molecule has 0 aliphatic carbocycles. The number of esters is 1. The monoisotopic (exact) mass is 495 g/mol. The highest BCUT2D eigenvalue weighted by Crippen LogP contribution is 2.29. The van der Waals surface area contributed by atoms with Gasteiger partial charge >= 0.3 is 5.97 Å². The molecule has 1 heterocycles. The Balaban J connectivity index is 1.83. The number of carbonyl (C=O) groups is 2. The second-order valence-corrected chi connectivity index (χ2v) is 10.2. The third-order valence-electron chi connectivity index (χ3n) is 5.22. The first-order chi connectivity index (χ1) is 15.5. The Hall–Kier alpha value is -2.46. The van der Waals surface area contributed by atoms with Gasteiger partial charge in [-0.3, -0.25) is 4.79 Å². The Morgan fingerprint density at radius 1 is 1.09 bits per heavy atom. The summed E-state index contributed by atoms with van der Waals surface area (Å²) in [6.07, 6.45) is -0.535. The van der Waals surface area contributed by atoms with Gasteiger partial charge in [0.25, 0.3) is 0 Å². The van der Waals surface area contributed by atoms with Crippen molar-refractivity contribution in [2.75, 3.05) is 20.2 Å². The van der Waals surface area contributed by atoms with E-state index in [1.165, 1.54) is 36.5 Å². The molecule has 0 saturated carbocycles. The van der Waals surface area contributed by atoms with Crippen LogP contribution in [0.2, 0.25) is 5.02 Å². The summed E-state index contributed by atoms with van der Waals surface area (Å²) >= 11 is 6.20. The molecule has 1 saturated heterocycles.